The van der Waals surface area contributed by atoms with Gasteiger partial charge in [0, 0.05) is 11.3 Å². The SMILES string of the molecule is C=CCN(Cn1nnc2ccccc21)C(=O)C1N([C@@H](CO)CC(C)C)C(=O)[C@@H]2[C@@H](C(=O)OCC)[C@@]3(C)CCC12S3. The smallest absolute Gasteiger partial charge is 0.311 e. The average molecular weight is 570 g/mol. The predicted molar refractivity (Wildman–Crippen MR) is 152 cm³/mol. The molecule has 11 heteroatoms. The minimum Gasteiger partial charge on any atom is -0.466 e. The molecule has 0 aliphatic carbocycles. The molecule has 1 aromatic heterocycles. The molecule has 1 N–H and O–H groups in total. The van der Waals surface area contributed by atoms with Gasteiger partial charge in [0.15, 0.2) is 0 Å². The van der Waals surface area contributed by atoms with Crippen LogP contribution in [-0.2, 0) is 25.8 Å². The van der Waals surface area contributed by atoms with E-state index in [1.165, 1.54) is 0 Å². The van der Waals surface area contributed by atoms with Gasteiger partial charge < -0.3 is 19.6 Å². The van der Waals surface area contributed by atoms with Crippen LogP contribution in [-0.4, -0.2) is 89.0 Å². The number of hydrogen-bond donors (Lipinski definition) is 1. The molecule has 2 unspecified atom stereocenters. The van der Waals surface area contributed by atoms with E-state index in [0.29, 0.717) is 19.3 Å². The summed E-state index contributed by atoms with van der Waals surface area (Å²) in [5, 5.41) is 19.0. The number of amides is 2. The Bertz CT molecular complexity index is 1310. The zero-order valence-electron chi connectivity index (χ0n) is 23.7. The van der Waals surface area contributed by atoms with Crippen LogP contribution in [0.1, 0.15) is 47.0 Å². The van der Waals surface area contributed by atoms with Crippen LogP contribution in [0.5, 0.6) is 0 Å². The average Bonchev–Trinajstić information content (AvgIpc) is 3.62. The van der Waals surface area contributed by atoms with E-state index in [2.05, 4.69) is 16.9 Å². The second kappa shape index (κ2) is 10.8. The van der Waals surface area contributed by atoms with E-state index in [-0.39, 0.29) is 50.1 Å². The van der Waals surface area contributed by atoms with E-state index in [9.17, 15) is 19.5 Å². The first kappa shape index (κ1) is 28.6. The molecule has 1 aromatic carbocycles. The van der Waals surface area contributed by atoms with Gasteiger partial charge in [0.1, 0.15) is 18.2 Å². The zero-order valence-corrected chi connectivity index (χ0v) is 24.5. The van der Waals surface area contributed by atoms with Gasteiger partial charge in [-0.1, -0.05) is 37.3 Å². The molecule has 3 aliphatic heterocycles. The van der Waals surface area contributed by atoms with E-state index in [1.807, 2.05) is 45.0 Å². The number of benzene rings is 1. The summed E-state index contributed by atoms with van der Waals surface area (Å²) in [7, 11) is 0. The van der Waals surface area contributed by atoms with Crippen molar-refractivity contribution in [3.8, 4) is 0 Å². The Morgan fingerprint density at radius 3 is 2.75 bits per heavy atom. The van der Waals surface area contributed by atoms with Gasteiger partial charge in [-0.3, -0.25) is 14.4 Å². The molecule has 3 aliphatic rings. The Kier molecular flexibility index (Phi) is 7.73. The Morgan fingerprint density at radius 1 is 1.32 bits per heavy atom. The number of aromatic nitrogens is 3. The highest BCUT2D eigenvalue weighted by atomic mass is 32.2. The second-order valence-corrected chi connectivity index (χ2v) is 13.7. The summed E-state index contributed by atoms with van der Waals surface area (Å²) < 4.78 is 5.85. The summed E-state index contributed by atoms with van der Waals surface area (Å²) in [6.45, 7) is 12.0. The third kappa shape index (κ3) is 4.41. The number of para-hydroxylation sites is 1. The van der Waals surface area contributed by atoms with Crippen LogP contribution < -0.4 is 0 Å². The molecule has 40 heavy (non-hydrogen) atoms. The van der Waals surface area contributed by atoms with E-state index in [0.717, 1.165) is 11.0 Å². The van der Waals surface area contributed by atoms with E-state index in [4.69, 9.17) is 4.74 Å². The number of fused-ring (bicyclic) bond motifs is 2. The van der Waals surface area contributed by atoms with Crippen molar-refractivity contribution in [3.05, 3.63) is 36.9 Å². The maximum Gasteiger partial charge on any atom is 0.311 e. The molecule has 2 amide bonds. The fourth-order valence-electron chi connectivity index (χ4n) is 7.18. The van der Waals surface area contributed by atoms with Gasteiger partial charge in [-0.2, -0.15) is 0 Å². The summed E-state index contributed by atoms with van der Waals surface area (Å²) in [5.74, 6) is -2.01. The predicted octanol–water partition coefficient (Wildman–Crippen LogP) is 2.85. The van der Waals surface area contributed by atoms with Crippen LogP contribution in [0.2, 0.25) is 0 Å². The number of carbonyl (C=O) groups excluding carboxylic acids is 3. The lowest BCUT2D eigenvalue weighted by Crippen LogP contribution is -2.57. The Morgan fingerprint density at radius 2 is 2.08 bits per heavy atom. The minimum absolute atomic E-state index is 0.127. The number of thioether (sulfide) groups is 1. The van der Waals surface area contributed by atoms with Gasteiger partial charge in [0.2, 0.25) is 11.8 Å². The lowest BCUT2D eigenvalue weighted by atomic mass is 9.66. The van der Waals surface area contributed by atoms with Gasteiger partial charge in [-0.25, -0.2) is 4.68 Å². The molecule has 0 saturated carbocycles. The molecule has 1 spiro atoms. The number of carbonyl (C=O) groups is 3. The fourth-order valence-corrected chi connectivity index (χ4v) is 9.50. The molecule has 3 saturated heterocycles. The van der Waals surface area contributed by atoms with Crippen LogP contribution in [0.3, 0.4) is 0 Å². The van der Waals surface area contributed by atoms with Crippen LogP contribution in [0, 0.1) is 17.8 Å². The topological polar surface area (TPSA) is 118 Å². The number of hydrogen-bond acceptors (Lipinski definition) is 8. The van der Waals surface area contributed by atoms with Crippen LogP contribution in [0.4, 0.5) is 0 Å². The van der Waals surface area contributed by atoms with Crippen molar-refractivity contribution in [1.29, 1.82) is 0 Å². The summed E-state index contributed by atoms with van der Waals surface area (Å²) in [6, 6.07) is 6.14. The highest BCUT2D eigenvalue weighted by Crippen LogP contribution is 2.71. The molecule has 4 heterocycles. The normalized spacial score (nSPS) is 29.7. The van der Waals surface area contributed by atoms with Crippen LogP contribution in [0.15, 0.2) is 36.9 Å². The second-order valence-electron chi connectivity index (χ2n) is 11.8. The number of aliphatic hydroxyl groups is 1. The molecular formula is C29H39N5O5S. The van der Waals surface area contributed by atoms with Gasteiger partial charge in [0.25, 0.3) is 0 Å². The largest absolute Gasteiger partial charge is 0.466 e. The highest BCUT2D eigenvalue weighted by molar-refractivity contribution is 8.02. The van der Waals surface area contributed by atoms with Gasteiger partial charge in [0.05, 0.1) is 41.4 Å². The van der Waals surface area contributed by atoms with Crippen LogP contribution in [0.25, 0.3) is 11.0 Å². The fraction of sp³-hybridized carbons (Fsp3) is 0.621. The molecule has 2 aromatic rings. The van der Waals surface area contributed by atoms with Gasteiger partial charge in [-0.05, 0) is 51.2 Å². The summed E-state index contributed by atoms with van der Waals surface area (Å²) in [6.07, 6.45) is 3.52. The van der Waals surface area contributed by atoms with Crippen molar-refractivity contribution in [1.82, 2.24) is 24.8 Å². The first-order chi connectivity index (χ1) is 19.1. The minimum atomic E-state index is -0.845. The number of likely N-dealkylation sites (tertiary alicyclic amines) is 1. The molecule has 216 valence electrons. The molecule has 5 rings (SSSR count). The number of aliphatic hydroxyl groups excluding tert-OH is 1. The molecule has 2 bridgehead atoms. The lowest BCUT2D eigenvalue weighted by molar-refractivity contribution is -0.155. The summed E-state index contributed by atoms with van der Waals surface area (Å²) >= 11 is 1.60. The number of rotatable bonds is 11. The molecule has 3 fully saturated rings. The van der Waals surface area contributed by atoms with Crippen molar-refractivity contribution in [2.24, 2.45) is 17.8 Å². The molecular weight excluding hydrogens is 530 g/mol. The van der Waals surface area contributed by atoms with Gasteiger partial charge in [-0.15, -0.1) is 23.4 Å². The maximum atomic E-state index is 14.7. The lowest BCUT2D eigenvalue weighted by Gasteiger charge is -2.40. The van der Waals surface area contributed by atoms with Crippen LogP contribution >= 0.6 is 11.8 Å². The van der Waals surface area contributed by atoms with E-state index >= 15 is 0 Å². The van der Waals surface area contributed by atoms with Crippen molar-refractivity contribution >= 4 is 40.6 Å². The van der Waals surface area contributed by atoms with E-state index < -0.39 is 33.4 Å². The molecule has 6 atom stereocenters. The third-order valence-corrected chi connectivity index (χ3v) is 10.7. The summed E-state index contributed by atoms with van der Waals surface area (Å²) in [4.78, 5) is 45.7. The van der Waals surface area contributed by atoms with Gasteiger partial charge >= 0.3 is 5.97 Å². The van der Waals surface area contributed by atoms with Crippen molar-refractivity contribution in [3.63, 3.8) is 0 Å². The maximum absolute atomic E-state index is 14.7. The Hall–Kier alpha value is -2.92. The standard InChI is InChI=1S/C29H39N5O5S/c1-6-14-32(17-33-21-11-9-8-10-20(21)30-31-33)26(37)24-29-13-12-28(5,40-29)23(27(38)39-7-2)22(29)25(36)34(24)19(16-35)15-18(3)4/h6,8-11,18-19,22-24,35H,1,7,12-17H2,2-5H3/t19-,22+,23+,24?,28-,29?/m1/s1. The van der Waals surface area contributed by atoms with Crippen molar-refractivity contribution in [2.75, 3.05) is 19.8 Å². The van der Waals surface area contributed by atoms with E-state index in [1.54, 1.807) is 39.2 Å². The summed E-state index contributed by atoms with van der Waals surface area (Å²) in [5.41, 5.74) is 1.51. The monoisotopic (exact) mass is 569 g/mol. The molecule has 0 radical (unpaired) electrons. The van der Waals surface area contributed by atoms with Crippen molar-refractivity contribution in [2.45, 2.75) is 75.2 Å². The molecule has 10 nitrogen and oxygen atoms in total. The first-order valence-electron chi connectivity index (χ1n) is 14.1. The third-order valence-electron chi connectivity index (χ3n) is 8.72. The number of nitrogens with zero attached hydrogens (tertiary/aromatic N) is 5. The highest BCUT2D eigenvalue weighted by Gasteiger charge is 2.78. The Labute approximate surface area is 239 Å². The number of ether oxygens (including phenoxy) is 1. The van der Waals surface area contributed by atoms with Crippen molar-refractivity contribution < 1.29 is 24.2 Å². The Balaban J connectivity index is 1.58. The first-order valence-corrected chi connectivity index (χ1v) is 14.9. The quantitative estimate of drug-likeness (QED) is 0.324. The zero-order chi connectivity index (χ0) is 28.8. The number of esters is 1.